The zero-order chi connectivity index (χ0) is 14.3. The highest BCUT2D eigenvalue weighted by Gasteiger charge is 2.44. The summed E-state index contributed by atoms with van der Waals surface area (Å²) in [6.45, 7) is 6.99. The first kappa shape index (κ1) is 14.1. The number of carboxylic acids is 1. The van der Waals surface area contributed by atoms with Crippen LogP contribution in [0.25, 0.3) is 0 Å². The van der Waals surface area contributed by atoms with Gasteiger partial charge in [-0.25, -0.2) is 4.79 Å². The molecule has 0 aromatic heterocycles. The highest BCUT2D eigenvalue weighted by atomic mass is 16.5. The predicted molar refractivity (Wildman–Crippen MR) is 68.9 cm³/mol. The summed E-state index contributed by atoms with van der Waals surface area (Å²) >= 11 is 0. The molecule has 3 atom stereocenters. The number of carbonyl (C=O) groups is 2. The van der Waals surface area contributed by atoms with Crippen LogP contribution in [-0.2, 0) is 9.53 Å². The molecule has 0 aliphatic carbocycles. The number of hydrogen-bond donors (Lipinski definition) is 2. The van der Waals surface area contributed by atoms with Gasteiger partial charge in [-0.1, -0.05) is 0 Å². The molecule has 2 aliphatic rings. The first-order valence-electron chi connectivity index (χ1n) is 6.69. The summed E-state index contributed by atoms with van der Waals surface area (Å²) in [6, 6.07) is -0.190. The Bertz CT molecular complexity index is 400. The molecule has 0 spiro atoms. The van der Waals surface area contributed by atoms with E-state index in [9.17, 15) is 14.7 Å². The number of aliphatic carboxylic acids is 1. The molecule has 6 nitrogen and oxygen atoms in total. The quantitative estimate of drug-likeness (QED) is 0.786. The van der Waals surface area contributed by atoms with Gasteiger partial charge in [0.2, 0.25) is 0 Å². The van der Waals surface area contributed by atoms with Crippen molar-refractivity contribution in [3.8, 4) is 0 Å². The van der Waals surface area contributed by atoms with Crippen molar-refractivity contribution in [2.24, 2.45) is 5.41 Å². The number of nitrogens with one attached hydrogen (secondary N) is 1. The van der Waals surface area contributed by atoms with Gasteiger partial charge < -0.3 is 20.1 Å². The minimum absolute atomic E-state index is 0.0232. The van der Waals surface area contributed by atoms with Crippen molar-refractivity contribution in [1.29, 1.82) is 0 Å². The Morgan fingerprint density at radius 2 is 2.05 bits per heavy atom. The van der Waals surface area contributed by atoms with Gasteiger partial charge >= 0.3 is 12.0 Å². The third kappa shape index (κ3) is 2.54. The lowest BCUT2D eigenvalue weighted by Crippen LogP contribution is -2.54. The van der Waals surface area contributed by atoms with Crippen LogP contribution in [-0.4, -0.2) is 53.3 Å². The summed E-state index contributed by atoms with van der Waals surface area (Å²) in [5.41, 5.74) is -1.19. The molecule has 2 aliphatic heterocycles. The van der Waals surface area contributed by atoms with E-state index in [1.54, 1.807) is 11.8 Å². The fourth-order valence-corrected chi connectivity index (χ4v) is 2.63. The van der Waals surface area contributed by atoms with Gasteiger partial charge in [0.05, 0.1) is 17.1 Å². The van der Waals surface area contributed by atoms with Crippen LogP contribution in [0.3, 0.4) is 0 Å². The zero-order valence-corrected chi connectivity index (χ0v) is 11.7. The normalized spacial score (nSPS) is 38.5. The van der Waals surface area contributed by atoms with E-state index in [-0.39, 0.29) is 24.2 Å². The fourth-order valence-electron chi connectivity index (χ4n) is 2.63. The van der Waals surface area contributed by atoms with Crippen molar-refractivity contribution in [1.82, 2.24) is 10.2 Å². The Morgan fingerprint density at radius 3 is 2.53 bits per heavy atom. The highest BCUT2D eigenvalue weighted by Crippen LogP contribution is 2.31. The van der Waals surface area contributed by atoms with Gasteiger partial charge in [0, 0.05) is 19.7 Å². The van der Waals surface area contributed by atoms with Crippen LogP contribution in [0.15, 0.2) is 0 Å². The third-order valence-corrected chi connectivity index (χ3v) is 4.56. The van der Waals surface area contributed by atoms with Gasteiger partial charge in [-0.05, 0) is 33.6 Å². The van der Waals surface area contributed by atoms with E-state index in [2.05, 4.69) is 5.32 Å². The lowest BCUT2D eigenvalue weighted by Gasteiger charge is -2.31. The van der Waals surface area contributed by atoms with Gasteiger partial charge in [-0.2, -0.15) is 0 Å². The topological polar surface area (TPSA) is 78.9 Å². The number of carboxylic acid groups (broad SMARTS) is 1. The average Bonchev–Trinajstić information content (AvgIpc) is 2.86. The molecule has 6 heteroatoms. The summed E-state index contributed by atoms with van der Waals surface area (Å²) in [4.78, 5) is 25.0. The van der Waals surface area contributed by atoms with Crippen LogP contribution in [0.2, 0.25) is 0 Å². The molecule has 108 valence electrons. The van der Waals surface area contributed by atoms with Gasteiger partial charge in [-0.3, -0.25) is 4.79 Å². The van der Waals surface area contributed by atoms with E-state index in [0.29, 0.717) is 19.6 Å². The van der Waals surface area contributed by atoms with Crippen molar-refractivity contribution in [2.75, 3.05) is 19.7 Å². The SMILES string of the molecule is CC1OCCC1(C)NC(=O)N1CCC(C)(C(=O)O)C1. The Labute approximate surface area is 113 Å². The number of hydrogen-bond acceptors (Lipinski definition) is 3. The maximum absolute atomic E-state index is 12.2. The maximum Gasteiger partial charge on any atom is 0.317 e. The predicted octanol–water partition coefficient (Wildman–Crippen LogP) is 1.06. The number of rotatable bonds is 2. The summed E-state index contributed by atoms with van der Waals surface area (Å²) in [5, 5.41) is 12.2. The fraction of sp³-hybridized carbons (Fsp3) is 0.846. The van der Waals surface area contributed by atoms with Crippen LogP contribution < -0.4 is 5.32 Å². The van der Waals surface area contributed by atoms with Crippen molar-refractivity contribution in [2.45, 2.75) is 45.3 Å². The average molecular weight is 270 g/mol. The van der Waals surface area contributed by atoms with Gasteiger partial charge in [-0.15, -0.1) is 0 Å². The molecule has 2 rings (SSSR count). The first-order chi connectivity index (χ1) is 8.77. The van der Waals surface area contributed by atoms with Crippen LogP contribution in [0.4, 0.5) is 4.79 Å². The molecule has 0 aromatic rings. The zero-order valence-electron chi connectivity index (χ0n) is 11.7. The monoisotopic (exact) mass is 270 g/mol. The van der Waals surface area contributed by atoms with E-state index in [1.165, 1.54) is 0 Å². The molecule has 0 radical (unpaired) electrons. The van der Waals surface area contributed by atoms with E-state index in [1.807, 2.05) is 13.8 Å². The van der Waals surface area contributed by atoms with Gasteiger partial charge in [0.15, 0.2) is 0 Å². The maximum atomic E-state index is 12.2. The van der Waals surface area contributed by atoms with Crippen LogP contribution >= 0.6 is 0 Å². The number of carbonyl (C=O) groups excluding carboxylic acids is 1. The lowest BCUT2D eigenvalue weighted by atomic mass is 9.90. The van der Waals surface area contributed by atoms with E-state index >= 15 is 0 Å². The minimum atomic E-state index is -0.841. The highest BCUT2D eigenvalue weighted by molar-refractivity contribution is 5.79. The number of nitrogens with zero attached hydrogens (tertiary/aromatic N) is 1. The Hall–Kier alpha value is -1.30. The van der Waals surface area contributed by atoms with Crippen molar-refractivity contribution < 1.29 is 19.4 Å². The second-order valence-electron chi connectivity index (χ2n) is 6.15. The third-order valence-electron chi connectivity index (χ3n) is 4.56. The molecular formula is C13H22N2O4. The molecule has 19 heavy (non-hydrogen) atoms. The molecule has 0 bridgehead atoms. The van der Waals surface area contributed by atoms with Gasteiger partial charge in [0.25, 0.3) is 0 Å². The van der Waals surface area contributed by atoms with Gasteiger partial charge in [0.1, 0.15) is 0 Å². The van der Waals surface area contributed by atoms with Crippen LogP contribution in [0.1, 0.15) is 33.6 Å². The largest absolute Gasteiger partial charge is 0.481 e. The molecule has 2 fully saturated rings. The molecule has 3 unspecified atom stereocenters. The Balaban J connectivity index is 1.97. The number of likely N-dealkylation sites (tertiary alicyclic amines) is 1. The smallest absolute Gasteiger partial charge is 0.317 e. The number of ether oxygens (including phenoxy) is 1. The second kappa shape index (κ2) is 4.67. The Morgan fingerprint density at radius 1 is 1.37 bits per heavy atom. The Kier molecular flexibility index (Phi) is 3.47. The van der Waals surface area contributed by atoms with E-state index in [4.69, 9.17) is 4.74 Å². The number of amides is 2. The van der Waals surface area contributed by atoms with E-state index < -0.39 is 11.4 Å². The van der Waals surface area contributed by atoms with Crippen LogP contribution in [0, 0.1) is 5.41 Å². The summed E-state index contributed by atoms with van der Waals surface area (Å²) in [7, 11) is 0. The second-order valence-corrected chi connectivity index (χ2v) is 6.15. The summed E-state index contributed by atoms with van der Waals surface area (Å²) in [5.74, 6) is -0.841. The molecule has 0 aromatic carbocycles. The number of urea groups is 1. The molecule has 2 N–H and O–H groups in total. The molecular weight excluding hydrogens is 248 g/mol. The lowest BCUT2D eigenvalue weighted by molar-refractivity contribution is -0.147. The first-order valence-corrected chi connectivity index (χ1v) is 6.69. The minimum Gasteiger partial charge on any atom is -0.481 e. The summed E-state index contributed by atoms with van der Waals surface area (Å²) in [6.07, 6.45) is 1.26. The summed E-state index contributed by atoms with van der Waals surface area (Å²) < 4.78 is 5.48. The molecule has 2 heterocycles. The van der Waals surface area contributed by atoms with Crippen molar-refractivity contribution in [3.63, 3.8) is 0 Å². The van der Waals surface area contributed by atoms with Crippen molar-refractivity contribution >= 4 is 12.0 Å². The standard InChI is InChI=1S/C13H22N2O4/c1-9-13(3,5-7-19-9)14-11(18)15-6-4-12(2,8-15)10(16)17/h9H,4-8H2,1-3H3,(H,14,18)(H,16,17). The molecule has 0 saturated carbocycles. The van der Waals surface area contributed by atoms with Crippen LogP contribution in [0.5, 0.6) is 0 Å². The molecule has 2 amide bonds. The van der Waals surface area contributed by atoms with E-state index in [0.717, 1.165) is 6.42 Å². The molecule has 2 saturated heterocycles. The van der Waals surface area contributed by atoms with Crippen molar-refractivity contribution in [3.05, 3.63) is 0 Å².